The highest BCUT2D eigenvalue weighted by Gasteiger charge is 2.19. The first-order valence-corrected chi connectivity index (χ1v) is 6.55. The number of carbonyl (C=O) groups is 1. The standard InChI is InChI=1S/C15H17N3O/c19-15(8-12-10-16-11-12)17-13-4-3-5-14(9-13)18-6-1-2-7-18/h1-7,9,12,16H,8,10-11H2,(H,17,19). The second-order valence-electron chi connectivity index (χ2n) is 4.92. The highest BCUT2D eigenvalue weighted by molar-refractivity contribution is 5.91. The van der Waals surface area contributed by atoms with Crippen molar-refractivity contribution < 1.29 is 4.79 Å². The summed E-state index contributed by atoms with van der Waals surface area (Å²) < 4.78 is 2.02. The summed E-state index contributed by atoms with van der Waals surface area (Å²) in [5.74, 6) is 0.587. The van der Waals surface area contributed by atoms with E-state index < -0.39 is 0 Å². The fourth-order valence-electron chi connectivity index (χ4n) is 2.22. The van der Waals surface area contributed by atoms with Crippen LogP contribution in [0.1, 0.15) is 6.42 Å². The summed E-state index contributed by atoms with van der Waals surface area (Å²) in [5.41, 5.74) is 1.90. The van der Waals surface area contributed by atoms with E-state index in [0.717, 1.165) is 24.5 Å². The smallest absolute Gasteiger partial charge is 0.224 e. The van der Waals surface area contributed by atoms with Gasteiger partial charge in [0.2, 0.25) is 5.91 Å². The van der Waals surface area contributed by atoms with Crippen LogP contribution < -0.4 is 10.6 Å². The zero-order chi connectivity index (χ0) is 13.1. The molecule has 1 aliphatic heterocycles. The van der Waals surface area contributed by atoms with Gasteiger partial charge in [0.15, 0.2) is 0 Å². The van der Waals surface area contributed by atoms with Gasteiger partial charge in [-0.3, -0.25) is 4.79 Å². The Morgan fingerprint density at radius 2 is 2.05 bits per heavy atom. The zero-order valence-corrected chi connectivity index (χ0v) is 10.7. The Bertz CT molecular complexity index is 559. The molecule has 0 saturated carbocycles. The molecule has 1 aromatic heterocycles. The van der Waals surface area contributed by atoms with E-state index in [1.54, 1.807) is 0 Å². The number of anilines is 1. The van der Waals surface area contributed by atoms with Gasteiger partial charge in [0.25, 0.3) is 0 Å². The second-order valence-corrected chi connectivity index (χ2v) is 4.92. The molecule has 19 heavy (non-hydrogen) atoms. The molecule has 0 radical (unpaired) electrons. The van der Waals surface area contributed by atoms with E-state index in [0.29, 0.717) is 12.3 Å². The Morgan fingerprint density at radius 1 is 1.26 bits per heavy atom. The van der Waals surface area contributed by atoms with Crippen molar-refractivity contribution in [3.63, 3.8) is 0 Å². The quantitative estimate of drug-likeness (QED) is 0.878. The largest absolute Gasteiger partial charge is 0.326 e. The van der Waals surface area contributed by atoms with Crippen molar-refractivity contribution in [2.45, 2.75) is 6.42 Å². The van der Waals surface area contributed by atoms with Crippen LogP contribution in [0.4, 0.5) is 5.69 Å². The molecule has 2 aromatic rings. The first-order chi connectivity index (χ1) is 9.31. The van der Waals surface area contributed by atoms with Gasteiger partial charge in [-0.2, -0.15) is 0 Å². The lowest BCUT2D eigenvalue weighted by atomic mass is 9.99. The maximum absolute atomic E-state index is 11.9. The molecule has 2 N–H and O–H groups in total. The van der Waals surface area contributed by atoms with Crippen LogP contribution in [-0.2, 0) is 4.79 Å². The maximum Gasteiger partial charge on any atom is 0.224 e. The van der Waals surface area contributed by atoms with Gasteiger partial charge in [-0.25, -0.2) is 0 Å². The number of amides is 1. The fourth-order valence-corrected chi connectivity index (χ4v) is 2.22. The Balaban J connectivity index is 1.67. The van der Waals surface area contributed by atoms with Gasteiger partial charge >= 0.3 is 0 Å². The summed E-state index contributed by atoms with van der Waals surface area (Å²) in [5, 5.41) is 6.14. The molecule has 4 nitrogen and oxygen atoms in total. The fraction of sp³-hybridized carbons (Fsp3) is 0.267. The third-order valence-electron chi connectivity index (χ3n) is 3.37. The van der Waals surface area contributed by atoms with Gasteiger partial charge in [0.05, 0.1) is 0 Å². The third-order valence-corrected chi connectivity index (χ3v) is 3.37. The molecular formula is C15H17N3O. The van der Waals surface area contributed by atoms with Crippen LogP contribution in [0.25, 0.3) is 5.69 Å². The average molecular weight is 255 g/mol. The summed E-state index contributed by atoms with van der Waals surface area (Å²) in [6.45, 7) is 1.91. The normalized spacial score (nSPS) is 14.9. The number of aromatic nitrogens is 1. The monoisotopic (exact) mass is 255 g/mol. The topological polar surface area (TPSA) is 46.1 Å². The summed E-state index contributed by atoms with van der Waals surface area (Å²) in [4.78, 5) is 11.9. The van der Waals surface area contributed by atoms with Crippen LogP contribution in [0, 0.1) is 5.92 Å². The van der Waals surface area contributed by atoms with E-state index >= 15 is 0 Å². The van der Waals surface area contributed by atoms with Crippen LogP contribution in [0.3, 0.4) is 0 Å². The summed E-state index contributed by atoms with van der Waals surface area (Å²) in [6, 6.07) is 11.8. The molecule has 1 saturated heterocycles. The Hall–Kier alpha value is -2.07. The van der Waals surface area contributed by atoms with Gasteiger partial charge < -0.3 is 15.2 Å². The van der Waals surface area contributed by atoms with Crippen molar-refractivity contribution >= 4 is 11.6 Å². The van der Waals surface area contributed by atoms with Crippen molar-refractivity contribution in [3.05, 3.63) is 48.8 Å². The number of benzene rings is 1. The molecule has 0 unspecified atom stereocenters. The molecule has 1 aliphatic rings. The molecule has 3 rings (SSSR count). The van der Waals surface area contributed by atoms with Crippen molar-refractivity contribution in [3.8, 4) is 5.69 Å². The van der Waals surface area contributed by atoms with Gasteiger partial charge in [-0.15, -0.1) is 0 Å². The molecule has 98 valence electrons. The lowest BCUT2D eigenvalue weighted by Crippen LogP contribution is -2.43. The van der Waals surface area contributed by atoms with Gasteiger partial charge in [0, 0.05) is 30.2 Å². The van der Waals surface area contributed by atoms with E-state index in [9.17, 15) is 4.79 Å². The van der Waals surface area contributed by atoms with Gasteiger partial charge in [0.1, 0.15) is 0 Å². The molecule has 4 heteroatoms. The van der Waals surface area contributed by atoms with Crippen LogP contribution in [0.2, 0.25) is 0 Å². The van der Waals surface area contributed by atoms with Crippen molar-refractivity contribution in [1.29, 1.82) is 0 Å². The van der Waals surface area contributed by atoms with E-state index in [2.05, 4.69) is 10.6 Å². The zero-order valence-electron chi connectivity index (χ0n) is 10.7. The van der Waals surface area contributed by atoms with Crippen LogP contribution >= 0.6 is 0 Å². The lowest BCUT2D eigenvalue weighted by molar-refractivity contribution is -0.117. The number of nitrogens with one attached hydrogen (secondary N) is 2. The molecule has 0 bridgehead atoms. The molecule has 0 aliphatic carbocycles. The van der Waals surface area contributed by atoms with Gasteiger partial charge in [-0.05, 0) is 49.3 Å². The highest BCUT2D eigenvalue weighted by Crippen LogP contribution is 2.16. The number of nitrogens with zero attached hydrogens (tertiary/aromatic N) is 1. The Labute approximate surface area is 112 Å². The van der Waals surface area contributed by atoms with Crippen LogP contribution in [0.5, 0.6) is 0 Å². The van der Waals surface area contributed by atoms with Crippen molar-refractivity contribution in [2.24, 2.45) is 5.92 Å². The number of rotatable bonds is 4. The second kappa shape index (κ2) is 5.28. The Kier molecular flexibility index (Phi) is 3.33. The van der Waals surface area contributed by atoms with Gasteiger partial charge in [-0.1, -0.05) is 6.07 Å². The maximum atomic E-state index is 11.9. The molecule has 2 heterocycles. The number of carbonyl (C=O) groups excluding carboxylic acids is 1. The summed E-state index contributed by atoms with van der Waals surface area (Å²) in [7, 11) is 0. The van der Waals surface area contributed by atoms with Crippen molar-refractivity contribution in [1.82, 2.24) is 9.88 Å². The van der Waals surface area contributed by atoms with Crippen molar-refractivity contribution in [2.75, 3.05) is 18.4 Å². The minimum absolute atomic E-state index is 0.0937. The highest BCUT2D eigenvalue weighted by atomic mass is 16.1. The van der Waals surface area contributed by atoms with Crippen LogP contribution in [0.15, 0.2) is 48.8 Å². The first-order valence-electron chi connectivity index (χ1n) is 6.55. The third kappa shape index (κ3) is 2.85. The molecule has 0 spiro atoms. The minimum Gasteiger partial charge on any atom is -0.326 e. The average Bonchev–Trinajstić information content (AvgIpc) is 2.88. The minimum atomic E-state index is 0.0937. The van der Waals surface area contributed by atoms with E-state index in [1.807, 2.05) is 53.4 Å². The SMILES string of the molecule is O=C(CC1CNC1)Nc1cccc(-n2cccc2)c1. The first kappa shape index (κ1) is 12.0. The molecular weight excluding hydrogens is 238 g/mol. The predicted molar refractivity (Wildman–Crippen MR) is 75.4 cm³/mol. The molecule has 0 atom stereocenters. The number of hydrogen-bond donors (Lipinski definition) is 2. The van der Waals surface area contributed by atoms with E-state index in [4.69, 9.17) is 0 Å². The summed E-state index contributed by atoms with van der Waals surface area (Å²) >= 11 is 0. The predicted octanol–water partition coefficient (Wildman–Crippen LogP) is 2.03. The summed E-state index contributed by atoms with van der Waals surface area (Å²) in [6.07, 6.45) is 4.57. The van der Waals surface area contributed by atoms with E-state index in [-0.39, 0.29) is 5.91 Å². The van der Waals surface area contributed by atoms with Crippen LogP contribution in [-0.4, -0.2) is 23.6 Å². The number of hydrogen-bond acceptors (Lipinski definition) is 2. The molecule has 1 fully saturated rings. The Morgan fingerprint density at radius 3 is 2.74 bits per heavy atom. The molecule has 1 aromatic carbocycles. The van der Waals surface area contributed by atoms with E-state index in [1.165, 1.54) is 0 Å². The molecule has 1 amide bonds. The lowest BCUT2D eigenvalue weighted by Gasteiger charge is -2.26.